The Morgan fingerprint density at radius 3 is 2.52 bits per heavy atom. The Balaban J connectivity index is 2.10. The molecule has 0 aliphatic rings. The lowest BCUT2D eigenvalue weighted by Crippen LogP contribution is -2.41. The molecule has 2 rings (SSSR count). The number of methoxy groups -OCH3 is 1. The molecule has 0 aliphatic carbocycles. The van der Waals surface area contributed by atoms with Gasteiger partial charge in [-0.05, 0) is 51.8 Å². The van der Waals surface area contributed by atoms with Gasteiger partial charge >= 0.3 is 5.97 Å². The van der Waals surface area contributed by atoms with Crippen molar-refractivity contribution in [3.8, 4) is 0 Å². The fraction of sp³-hybridized carbons (Fsp3) is 0.381. The molecule has 0 bridgehead atoms. The van der Waals surface area contributed by atoms with Crippen LogP contribution in [0, 0.1) is 13.8 Å². The number of anilines is 1. The van der Waals surface area contributed by atoms with E-state index in [1.807, 2.05) is 30.5 Å². The number of amides is 1. The molecule has 1 heterocycles. The van der Waals surface area contributed by atoms with Gasteiger partial charge in [0.1, 0.15) is 0 Å². The number of rotatable bonds is 8. The van der Waals surface area contributed by atoms with Gasteiger partial charge in [-0.15, -0.1) is 11.8 Å². The quantitative estimate of drug-likeness (QED) is 0.389. The van der Waals surface area contributed by atoms with Crippen molar-refractivity contribution >= 4 is 35.1 Å². The van der Waals surface area contributed by atoms with E-state index in [1.54, 1.807) is 44.5 Å². The molecule has 2 aromatic rings. The van der Waals surface area contributed by atoms with Crippen molar-refractivity contribution in [1.82, 2.24) is 9.88 Å². The molecule has 0 saturated carbocycles. The molecule has 0 radical (unpaired) electrons. The van der Waals surface area contributed by atoms with Gasteiger partial charge in [0.25, 0.3) is 0 Å². The molecular formula is C21H27N3O4S. The first-order valence-electron chi connectivity index (χ1n) is 9.16. The number of ketones is 1. The molecule has 1 aromatic carbocycles. The molecule has 29 heavy (non-hydrogen) atoms. The maximum Gasteiger partial charge on any atom is 0.339 e. The van der Waals surface area contributed by atoms with Gasteiger partial charge in [-0.3, -0.25) is 14.5 Å². The van der Waals surface area contributed by atoms with E-state index in [4.69, 9.17) is 4.74 Å². The lowest BCUT2D eigenvalue weighted by molar-refractivity contribution is -0.117. The molecule has 7 nitrogen and oxygen atoms in total. The zero-order chi connectivity index (χ0) is 21.7. The van der Waals surface area contributed by atoms with Gasteiger partial charge in [0.15, 0.2) is 5.78 Å². The van der Waals surface area contributed by atoms with Gasteiger partial charge < -0.3 is 15.0 Å². The minimum absolute atomic E-state index is 0.0538. The molecule has 0 unspecified atom stereocenters. The first kappa shape index (κ1) is 22.7. The summed E-state index contributed by atoms with van der Waals surface area (Å²) in [6.45, 7) is 5.22. The lowest BCUT2D eigenvalue weighted by atomic mass is 10.0. The largest absolute Gasteiger partial charge is 0.465 e. The topological polar surface area (TPSA) is 91.5 Å². The Kier molecular flexibility index (Phi) is 7.64. The monoisotopic (exact) mass is 417 g/mol. The number of H-pyrrole nitrogens is 1. The third-order valence-electron chi connectivity index (χ3n) is 4.89. The second-order valence-electron chi connectivity index (χ2n) is 6.82. The fourth-order valence-corrected chi connectivity index (χ4v) is 3.67. The van der Waals surface area contributed by atoms with E-state index >= 15 is 0 Å². The van der Waals surface area contributed by atoms with Crippen LogP contribution >= 0.6 is 11.8 Å². The van der Waals surface area contributed by atoms with Gasteiger partial charge in [0.2, 0.25) is 5.91 Å². The number of benzene rings is 1. The van der Waals surface area contributed by atoms with E-state index in [0.29, 0.717) is 22.5 Å². The smallest absolute Gasteiger partial charge is 0.339 e. The van der Waals surface area contributed by atoms with Gasteiger partial charge in [0.05, 0.1) is 36.6 Å². The van der Waals surface area contributed by atoms with E-state index in [0.717, 1.165) is 10.6 Å². The molecule has 2 N–H and O–H groups in total. The van der Waals surface area contributed by atoms with Crippen LogP contribution in [0.3, 0.4) is 0 Å². The number of carbonyl (C=O) groups is 3. The third-order valence-corrected chi connectivity index (χ3v) is 5.68. The second-order valence-corrected chi connectivity index (χ2v) is 7.67. The number of nitrogens with one attached hydrogen (secondary N) is 2. The predicted molar refractivity (Wildman–Crippen MR) is 115 cm³/mol. The number of para-hydroxylation sites is 1. The number of carbonyl (C=O) groups excluding carboxylic acids is 3. The summed E-state index contributed by atoms with van der Waals surface area (Å²) in [7, 11) is 3.02. The Bertz CT molecular complexity index is 923. The number of nitrogens with zero attached hydrogens (tertiary/aromatic N) is 1. The Hall–Kier alpha value is -2.58. The fourth-order valence-electron chi connectivity index (χ4n) is 3.11. The Morgan fingerprint density at radius 1 is 1.24 bits per heavy atom. The van der Waals surface area contributed by atoms with Crippen LogP contribution in [0.1, 0.15) is 39.0 Å². The minimum Gasteiger partial charge on any atom is -0.465 e. The number of ether oxygens (including phenoxy) is 1. The third kappa shape index (κ3) is 5.07. The van der Waals surface area contributed by atoms with E-state index < -0.39 is 12.0 Å². The molecule has 1 atom stereocenters. The van der Waals surface area contributed by atoms with Crippen LogP contribution in [-0.4, -0.2) is 60.5 Å². The zero-order valence-corrected chi connectivity index (χ0v) is 18.4. The average Bonchev–Trinajstić information content (AvgIpc) is 3.00. The van der Waals surface area contributed by atoms with E-state index in [2.05, 4.69) is 10.3 Å². The Morgan fingerprint density at radius 2 is 1.90 bits per heavy atom. The van der Waals surface area contributed by atoms with Crippen molar-refractivity contribution in [3.63, 3.8) is 0 Å². The summed E-state index contributed by atoms with van der Waals surface area (Å²) in [6.07, 6.45) is 1.95. The number of thioether (sulfide) groups is 1. The van der Waals surface area contributed by atoms with Gasteiger partial charge in [0, 0.05) is 10.6 Å². The van der Waals surface area contributed by atoms with Crippen molar-refractivity contribution in [3.05, 3.63) is 46.8 Å². The van der Waals surface area contributed by atoms with Crippen molar-refractivity contribution in [2.45, 2.75) is 31.7 Å². The van der Waals surface area contributed by atoms with Crippen LogP contribution < -0.4 is 5.32 Å². The molecule has 8 heteroatoms. The molecule has 0 fully saturated rings. The van der Waals surface area contributed by atoms with Crippen LogP contribution in [0.2, 0.25) is 0 Å². The number of aryl methyl sites for hydroxylation is 1. The predicted octanol–water partition coefficient (Wildman–Crippen LogP) is 3.28. The van der Waals surface area contributed by atoms with Crippen LogP contribution in [0.15, 0.2) is 29.2 Å². The molecule has 156 valence electrons. The maximum atomic E-state index is 13.0. The molecule has 1 amide bonds. The van der Waals surface area contributed by atoms with Crippen LogP contribution in [0.5, 0.6) is 0 Å². The van der Waals surface area contributed by atoms with Gasteiger partial charge in [-0.1, -0.05) is 12.1 Å². The maximum absolute atomic E-state index is 13.0. The SMILES string of the molecule is COC(=O)c1c(C)[nH]c(C(=O)[C@H](C)N(C)CC(=O)Nc2ccccc2SC)c1C. The van der Waals surface area contributed by atoms with Crippen molar-refractivity contribution in [2.24, 2.45) is 0 Å². The normalized spacial score (nSPS) is 12.0. The average molecular weight is 418 g/mol. The van der Waals surface area contributed by atoms with Gasteiger partial charge in [-0.25, -0.2) is 4.79 Å². The summed E-state index contributed by atoms with van der Waals surface area (Å²) < 4.78 is 4.79. The second kappa shape index (κ2) is 9.76. The lowest BCUT2D eigenvalue weighted by Gasteiger charge is -2.23. The Labute approximate surface area is 175 Å². The number of hydrogen-bond acceptors (Lipinski definition) is 6. The summed E-state index contributed by atoms with van der Waals surface area (Å²) in [5.74, 6) is -0.882. The summed E-state index contributed by atoms with van der Waals surface area (Å²) in [6, 6.07) is 7.00. The summed E-state index contributed by atoms with van der Waals surface area (Å²) in [5.41, 5.74) is 2.61. The highest BCUT2D eigenvalue weighted by molar-refractivity contribution is 7.98. The summed E-state index contributed by atoms with van der Waals surface area (Å²) in [5, 5.41) is 2.89. The molecular weight excluding hydrogens is 390 g/mol. The standard InChI is InChI=1S/C21H27N3O4S/c1-12-18(21(27)28-5)13(2)22-19(12)20(26)14(3)24(4)11-17(25)23-15-9-7-8-10-16(15)29-6/h7-10,14,22H,11H2,1-6H3,(H,23,25)/t14-/m0/s1. The number of aromatic amines is 1. The zero-order valence-electron chi connectivity index (χ0n) is 17.6. The highest BCUT2D eigenvalue weighted by atomic mass is 32.2. The molecule has 0 spiro atoms. The number of likely N-dealkylation sites (N-methyl/N-ethyl adjacent to an activating group) is 1. The van der Waals surface area contributed by atoms with Crippen LogP contribution in [-0.2, 0) is 9.53 Å². The van der Waals surface area contributed by atoms with Crippen molar-refractivity contribution < 1.29 is 19.1 Å². The number of esters is 1. The summed E-state index contributed by atoms with van der Waals surface area (Å²) >= 11 is 1.55. The molecule has 0 aliphatic heterocycles. The number of hydrogen-bond donors (Lipinski definition) is 2. The van der Waals surface area contributed by atoms with E-state index in [9.17, 15) is 14.4 Å². The summed E-state index contributed by atoms with van der Waals surface area (Å²) in [4.78, 5) is 43.0. The first-order chi connectivity index (χ1) is 13.7. The minimum atomic E-state index is -0.557. The van der Waals surface area contributed by atoms with Gasteiger partial charge in [-0.2, -0.15) is 0 Å². The molecule has 0 saturated heterocycles. The number of Topliss-reactive ketones (excluding diaryl/α,β-unsaturated/α-hetero) is 1. The van der Waals surface area contributed by atoms with E-state index in [1.165, 1.54) is 7.11 Å². The molecule has 1 aromatic heterocycles. The van der Waals surface area contributed by atoms with Crippen LogP contribution in [0.25, 0.3) is 0 Å². The highest BCUT2D eigenvalue weighted by Gasteiger charge is 2.28. The number of aromatic nitrogens is 1. The van der Waals surface area contributed by atoms with Crippen molar-refractivity contribution in [2.75, 3.05) is 32.3 Å². The van der Waals surface area contributed by atoms with Crippen molar-refractivity contribution in [1.29, 1.82) is 0 Å². The van der Waals surface area contributed by atoms with Crippen LogP contribution in [0.4, 0.5) is 5.69 Å². The van der Waals surface area contributed by atoms with E-state index in [-0.39, 0.29) is 18.2 Å². The highest BCUT2D eigenvalue weighted by Crippen LogP contribution is 2.25. The first-order valence-corrected chi connectivity index (χ1v) is 10.4.